The van der Waals surface area contributed by atoms with Gasteiger partial charge in [0, 0.05) is 29.9 Å². The van der Waals surface area contributed by atoms with Gasteiger partial charge in [0.05, 0.1) is 23.4 Å². The van der Waals surface area contributed by atoms with E-state index in [1.165, 1.54) is 24.3 Å². The molecule has 8 N–H and O–H groups in total. The Morgan fingerprint density at radius 1 is 0.946 bits per heavy atom. The van der Waals surface area contributed by atoms with E-state index in [0.29, 0.717) is 6.42 Å². The first-order valence-electron chi connectivity index (χ1n) is 11.4. The molecule has 10 nitrogen and oxygen atoms in total. The predicted octanol–water partition coefficient (Wildman–Crippen LogP) is 3.20. The fourth-order valence-corrected chi connectivity index (χ4v) is 3.97. The molecule has 1 heterocycles. The molecular formula is C27H25N3O7. The van der Waals surface area contributed by atoms with Crippen molar-refractivity contribution in [3.05, 3.63) is 77.0 Å². The number of phenolic OH excluding ortho intramolecular Hbond substituents is 2. The van der Waals surface area contributed by atoms with E-state index < -0.39 is 17.7 Å². The van der Waals surface area contributed by atoms with Crippen molar-refractivity contribution < 1.29 is 33.8 Å². The summed E-state index contributed by atoms with van der Waals surface area (Å²) in [6.45, 7) is 0. The van der Waals surface area contributed by atoms with Crippen molar-refractivity contribution in [3.63, 3.8) is 0 Å². The quantitative estimate of drug-likeness (QED) is 0.0750. The number of rotatable bonds is 9. The van der Waals surface area contributed by atoms with Crippen molar-refractivity contribution in [2.45, 2.75) is 25.7 Å². The van der Waals surface area contributed by atoms with E-state index in [1.54, 1.807) is 24.3 Å². The number of aromatic hydroxyl groups is 2. The fraction of sp³-hybridized carbons (Fsp3) is 0.148. The summed E-state index contributed by atoms with van der Waals surface area (Å²) in [6, 6.07) is 14.1. The number of aryl methyl sites for hydroxylation is 1. The molecule has 0 aliphatic carbocycles. The molecule has 3 aromatic carbocycles. The number of anilines is 2. The van der Waals surface area contributed by atoms with Crippen LogP contribution < -0.4 is 21.9 Å². The summed E-state index contributed by atoms with van der Waals surface area (Å²) in [6.07, 6.45) is 0.547. The lowest BCUT2D eigenvalue weighted by Crippen LogP contribution is -2.11. The molecule has 4 rings (SSSR count). The average Bonchev–Trinajstić information content (AvgIpc) is 3.19. The molecule has 0 fully saturated rings. The second-order valence-electron chi connectivity index (χ2n) is 8.51. The number of nitrogens with two attached hydrogens (primary N) is 3. The molecule has 0 atom stereocenters. The van der Waals surface area contributed by atoms with Crippen molar-refractivity contribution in [1.29, 1.82) is 0 Å². The topological polar surface area (TPSA) is 192 Å². The number of ether oxygens (including phenoxy) is 1. The maximum absolute atomic E-state index is 13.5. The lowest BCUT2D eigenvalue weighted by Gasteiger charge is -2.08. The van der Waals surface area contributed by atoms with Crippen molar-refractivity contribution in [2.75, 3.05) is 11.5 Å². The minimum atomic E-state index is -0.597. The number of carbonyl (C=O) groups excluding carboxylic acids is 3. The van der Waals surface area contributed by atoms with Crippen molar-refractivity contribution in [1.82, 2.24) is 0 Å². The number of carbonyl (C=O) groups is 3. The Morgan fingerprint density at radius 3 is 2.27 bits per heavy atom. The van der Waals surface area contributed by atoms with Gasteiger partial charge in [-0.1, -0.05) is 30.3 Å². The number of primary amides is 1. The Labute approximate surface area is 211 Å². The number of fused-ring (bicyclic) bond motifs is 1. The number of hydrogen-bond donors (Lipinski definition) is 5. The normalized spacial score (nSPS) is 10.9. The van der Waals surface area contributed by atoms with Crippen LogP contribution in [0.1, 0.15) is 40.1 Å². The van der Waals surface area contributed by atoms with E-state index in [1.807, 2.05) is 6.07 Å². The first kappa shape index (κ1) is 25.1. The fourth-order valence-electron chi connectivity index (χ4n) is 3.97. The second-order valence-corrected chi connectivity index (χ2v) is 8.51. The molecule has 0 bridgehead atoms. The standard InChI is InChI=1S/C27H25N3O7/c28-17-10-15(11-18(29)27(17)35)26(34)25-16-12-19(31)22(37-24(33)9-14-5-2-1-3-6-14)13-21(16)36-20(25)7-4-8-23(30)32/h1-3,5-6,10-13,31,35H,4,7-9,28-29H2,(H2,30,32). The van der Waals surface area contributed by atoms with Gasteiger partial charge < -0.3 is 36.6 Å². The third-order valence-electron chi connectivity index (χ3n) is 5.74. The summed E-state index contributed by atoms with van der Waals surface area (Å²) in [5.74, 6) is -2.25. The van der Waals surface area contributed by atoms with Gasteiger partial charge in [-0.3, -0.25) is 14.4 Å². The summed E-state index contributed by atoms with van der Waals surface area (Å²) in [5, 5.41) is 20.7. The van der Waals surface area contributed by atoms with Crippen LogP contribution in [0.25, 0.3) is 11.0 Å². The maximum atomic E-state index is 13.5. The first-order chi connectivity index (χ1) is 17.6. The molecule has 1 amide bonds. The third-order valence-corrected chi connectivity index (χ3v) is 5.74. The predicted molar refractivity (Wildman–Crippen MR) is 136 cm³/mol. The lowest BCUT2D eigenvalue weighted by molar-refractivity contribution is -0.133. The number of hydrogen-bond acceptors (Lipinski definition) is 9. The van der Waals surface area contributed by atoms with Crippen LogP contribution >= 0.6 is 0 Å². The zero-order valence-corrected chi connectivity index (χ0v) is 19.7. The average molecular weight is 504 g/mol. The van der Waals surface area contributed by atoms with E-state index in [2.05, 4.69) is 0 Å². The van der Waals surface area contributed by atoms with Crippen LogP contribution in [0.4, 0.5) is 11.4 Å². The zero-order valence-electron chi connectivity index (χ0n) is 19.7. The zero-order chi connectivity index (χ0) is 26.7. The monoisotopic (exact) mass is 503 g/mol. The Bertz CT molecular complexity index is 1490. The van der Waals surface area contributed by atoms with E-state index in [4.69, 9.17) is 26.4 Å². The number of phenols is 2. The molecule has 0 radical (unpaired) electrons. The highest BCUT2D eigenvalue weighted by Crippen LogP contribution is 2.38. The molecule has 190 valence electrons. The van der Waals surface area contributed by atoms with Crippen LogP contribution in [0.3, 0.4) is 0 Å². The van der Waals surface area contributed by atoms with E-state index in [9.17, 15) is 24.6 Å². The van der Waals surface area contributed by atoms with Gasteiger partial charge in [0.2, 0.25) is 5.91 Å². The largest absolute Gasteiger partial charge is 0.504 e. The van der Waals surface area contributed by atoms with Crippen LogP contribution in [0.15, 0.2) is 59.0 Å². The van der Waals surface area contributed by atoms with Crippen LogP contribution in [0.2, 0.25) is 0 Å². The number of esters is 1. The van der Waals surface area contributed by atoms with Gasteiger partial charge >= 0.3 is 5.97 Å². The van der Waals surface area contributed by atoms with Crippen LogP contribution in [0, 0.1) is 0 Å². The SMILES string of the molecule is NC(=O)CCCc1oc2cc(OC(=O)Cc3ccccc3)c(O)cc2c1C(=O)c1cc(N)c(O)c(N)c1. The Morgan fingerprint density at radius 2 is 1.62 bits per heavy atom. The van der Waals surface area contributed by atoms with Gasteiger partial charge in [0.15, 0.2) is 23.0 Å². The van der Waals surface area contributed by atoms with Gasteiger partial charge in [-0.15, -0.1) is 0 Å². The van der Waals surface area contributed by atoms with E-state index in [0.717, 1.165) is 5.56 Å². The van der Waals surface area contributed by atoms with Crippen LogP contribution in [0.5, 0.6) is 17.2 Å². The molecule has 0 saturated carbocycles. The van der Waals surface area contributed by atoms with Crippen molar-refractivity contribution in [2.24, 2.45) is 5.73 Å². The van der Waals surface area contributed by atoms with Crippen molar-refractivity contribution >= 4 is 40.0 Å². The Balaban J connectivity index is 1.72. The highest BCUT2D eigenvalue weighted by Gasteiger charge is 2.25. The molecule has 0 aliphatic rings. The van der Waals surface area contributed by atoms with Crippen molar-refractivity contribution in [3.8, 4) is 17.2 Å². The van der Waals surface area contributed by atoms with E-state index in [-0.39, 0.29) is 75.7 Å². The smallest absolute Gasteiger partial charge is 0.315 e. The minimum absolute atomic E-state index is 0.0116. The Kier molecular flexibility index (Phi) is 7.01. The molecule has 10 heteroatoms. The second kappa shape index (κ2) is 10.3. The summed E-state index contributed by atoms with van der Waals surface area (Å²) in [4.78, 5) is 37.2. The number of benzene rings is 3. The molecule has 4 aromatic rings. The van der Waals surface area contributed by atoms with Crippen LogP contribution in [-0.4, -0.2) is 27.9 Å². The maximum Gasteiger partial charge on any atom is 0.315 e. The molecular weight excluding hydrogens is 478 g/mol. The lowest BCUT2D eigenvalue weighted by atomic mass is 9.97. The van der Waals surface area contributed by atoms with Gasteiger partial charge in [-0.2, -0.15) is 0 Å². The molecule has 0 spiro atoms. The third kappa shape index (κ3) is 5.48. The number of amides is 1. The first-order valence-corrected chi connectivity index (χ1v) is 11.4. The molecule has 0 saturated heterocycles. The molecule has 37 heavy (non-hydrogen) atoms. The molecule has 0 unspecified atom stereocenters. The van der Waals surface area contributed by atoms with E-state index >= 15 is 0 Å². The number of nitrogen functional groups attached to an aromatic ring is 2. The van der Waals surface area contributed by atoms with Gasteiger partial charge in [-0.25, -0.2) is 0 Å². The summed E-state index contributed by atoms with van der Waals surface area (Å²) < 4.78 is 11.3. The highest BCUT2D eigenvalue weighted by molar-refractivity contribution is 6.18. The summed E-state index contributed by atoms with van der Waals surface area (Å²) in [7, 11) is 0. The van der Waals surface area contributed by atoms with Gasteiger partial charge in [0.1, 0.15) is 11.3 Å². The molecule has 0 aliphatic heterocycles. The number of ketones is 1. The van der Waals surface area contributed by atoms with Gasteiger partial charge in [-0.05, 0) is 30.2 Å². The summed E-state index contributed by atoms with van der Waals surface area (Å²) >= 11 is 0. The summed E-state index contributed by atoms with van der Waals surface area (Å²) in [5.41, 5.74) is 17.7. The van der Waals surface area contributed by atoms with Gasteiger partial charge in [0.25, 0.3) is 0 Å². The highest BCUT2D eigenvalue weighted by atomic mass is 16.5. The molecule has 1 aromatic heterocycles. The number of furan rings is 1. The Hall–Kier alpha value is -4.99. The van der Waals surface area contributed by atoms with Crippen LogP contribution in [-0.2, 0) is 22.4 Å². The minimum Gasteiger partial charge on any atom is -0.504 e.